The minimum absolute atomic E-state index is 0.0930. The first kappa shape index (κ1) is 17.7. The number of benzene rings is 2. The van der Waals surface area contributed by atoms with Crippen LogP contribution in [0, 0.1) is 11.2 Å². The zero-order valence-corrected chi connectivity index (χ0v) is 15.8. The van der Waals surface area contributed by atoms with E-state index in [0.29, 0.717) is 0 Å². The van der Waals surface area contributed by atoms with E-state index in [4.69, 9.17) is 4.74 Å². The highest BCUT2D eigenvalue weighted by atomic mass is 19.1. The lowest BCUT2D eigenvalue weighted by Crippen LogP contribution is -2.45. The number of esters is 1. The van der Waals surface area contributed by atoms with Crippen LogP contribution in [0.15, 0.2) is 48.5 Å². The predicted molar refractivity (Wildman–Crippen MR) is 100 cm³/mol. The van der Waals surface area contributed by atoms with Gasteiger partial charge in [0.1, 0.15) is 11.2 Å². The normalized spacial score (nSPS) is 25.6. The van der Waals surface area contributed by atoms with Gasteiger partial charge in [0.05, 0.1) is 13.2 Å². The molecule has 3 atom stereocenters. The number of methoxy groups -OCH3 is 1. The molecule has 2 aromatic carbocycles. The van der Waals surface area contributed by atoms with Crippen LogP contribution in [0.25, 0.3) is 0 Å². The number of anilines is 1. The lowest BCUT2D eigenvalue weighted by Gasteiger charge is -2.32. The van der Waals surface area contributed by atoms with Crippen molar-refractivity contribution in [2.45, 2.75) is 38.1 Å². The molecule has 1 aliphatic heterocycles. The fraction of sp³-hybridized carbons (Fsp3) is 0.364. The second-order valence-electron chi connectivity index (χ2n) is 8.25. The number of hydrogen-bond donors (Lipinski definition) is 0. The van der Waals surface area contributed by atoms with Gasteiger partial charge in [-0.05, 0) is 17.7 Å². The summed E-state index contributed by atoms with van der Waals surface area (Å²) in [6.07, 6.45) is 0. The fourth-order valence-corrected chi connectivity index (χ4v) is 4.50. The first-order chi connectivity index (χ1) is 12.8. The molecule has 4 rings (SSSR count). The van der Waals surface area contributed by atoms with E-state index < -0.39 is 28.7 Å². The summed E-state index contributed by atoms with van der Waals surface area (Å²) in [6.45, 7) is 5.53. The van der Waals surface area contributed by atoms with Crippen LogP contribution in [0.1, 0.15) is 37.8 Å². The van der Waals surface area contributed by atoms with Crippen LogP contribution < -0.4 is 4.90 Å². The van der Waals surface area contributed by atoms with Crippen molar-refractivity contribution < 1.29 is 18.7 Å². The number of nitrogens with zero attached hydrogens (tertiary/aromatic N) is 1. The maximum absolute atomic E-state index is 14.8. The Hall–Kier alpha value is -2.69. The number of ether oxygens (including phenoxy) is 1. The number of rotatable bonds is 2. The first-order valence-electron chi connectivity index (χ1n) is 9.02. The molecule has 5 heteroatoms. The van der Waals surface area contributed by atoms with Crippen molar-refractivity contribution in [3.8, 4) is 0 Å². The number of para-hydroxylation sites is 1. The SMILES string of the molecule is COC(=O)[C@@]1(c2ccccc2F)[C@@H]2c3ccccc3N(C(=O)C(C)(C)C)[C@@H]21. The molecule has 1 heterocycles. The van der Waals surface area contributed by atoms with Crippen LogP contribution in [0.3, 0.4) is 0 Å². The maximum atomic E-state index is 14.8. The molecule has 0 radical (unpaired) electrons. The number of carbonyl (C=O) groups excluding carboxylic acids is 2. The van der Waals surface area contributed by atoms with E-state index in [1.54, 1.807) is 23.1 Å². The predicted octanol–water partition coefficient (Wildman–Crippen LogP) is 3.80. The molecule has 0 saturated heterocycles. The molecule has 0 aromatic heterocycles. The van der Waals surface area contributed by atoms with E-state index >= 15 is 0 Å². The molecule has 2 aliphatic rings. The van der Waals surface area contributed by atoms with Gasteiger partial charge in [0, 0.05) is 22.6 Å². The molecule has 0 N–H and O–H groups in total. The lowest BCUT2D eigenvalue weighted by atomic mass is 9.87. The van der Waals surface area contributed by atoms with Crippen molar-refractivity contribution in [2.75, 3.05) is 12.0 Å². The number of halogens is 1. The van der Waals surface area contributed by atoms with Crippen LogP contribution >= 0.6 is 0 Å². The molecule has 1 saturated carbocycles. The van der Waals surface area contributed by atoms with Crippen LogP contribution in [-0.4, -0.2) is 25.0 Å². The van der Waals surface area contributed by atoms with Gasteiger partial charge in [-0.2, -0.15) is 0 Å². The van der Waals surface area contributed by atoms with Crippen molar-refractivity contribution in [3.05, 3.63) is 65.5 Å². The summed E-state index contributed by atoms with van der Waals surface area (Å²) in [5.41, 5.74) is 0.113. The van der Waals surface area contributed by atoms with Crippen LogP contribution in [0.4, 0.5) is 10.1 Å². The lowest BCUT2D eigenvalue weighted by molar-refractivity contribution is -0.144. The van der Waals surface area contributed by atoms with Crippen LogP contribution in [-0.2, 0) is 19.7 Å². The number of amides is 1. The van der Waals surface area contributed by atoms with Gasteiger partial charge in [-0.3, -0.25) is 9.59 Å². The van der Waals surface area contributed by atoms with E-state index in [0.717, 1.165) is 11.3 Å². The summed E-state index contributed by atoms with van der Waals surface area (Å²) in [5, 5.41) is 0. The van der Waals surface area contributed by atoms with E-state index in [1.165, 1.54) is 13.2 Å². The third kappa shape index (κ3) is 2.20. The van der Waals surface area contributed by atoms with Gasteiger partial charge in [-0.25, -0.2) is 4.39 Å². The van der Waals surface area contributed by atoms with Crippen molar-refractivity contribution in [1.82, 2.24) is 0 Å². The monoisotopic (exact) mass is 367 g/mol. The molecule has 1 fully saturated rings. The van der Waals surface area contributed by atoms with Crippen molar-refractivity contribution in [3.63, 3.8) is 0 Å². The Morgan fingerprint density at radius 2 is 1.70 bits per heavy atom. The van der Waals surface area contributed by atoms with Crippen LogP contribution in [0.5, 0.6) is 0 Å². The van der Waals surface area contributed by atoms with Gasteiger partial charge < -0.3 is 9.64 Å². The zero-order valence-electron chi connectivity index (χ0n) is 15.8. The molecule has 27 heavy (non-hydrogen) atoms. The van der Waals surface area contributed by atoms with E-state index in [9.17, 15) is 14.0 Å². The third-order valence-corrected chi connectivity index (χ3v) is 5.68. The Kier molecular flexibility index (Phi) is 3.71. The topological polar surface area (TPSA) is 46.6 Å². The molecule has 0 bridgehead atoms. The average Bonchev–Trinajstić information content (AvgIpc) is 3.19. The number of hydrogen-bond acceptors (Lipinski definition) is 3. The summed E-state index contributed by atoms with van der Waals surface area (Å²) in [7, 11) is 1.31. The minimum atomic E-state index is -1.21. The Balaban J connectivity index is 1.95. The molecule has 4 nitrogen and oxygen atoms in total. The van der Waals surface area contributed by atoms with Gasteiger partial charge in [0.25, 0.3) is 0 Å². The summed E-state index contributed by atoms with van der Waals surface area (Å²) in [6, 6.07) is 13.3. The highest BCUT2D eigenvalue weighted by Crippen LogP contribution is 2.70. The van der Waals surface area contributed by atoms with Crippen molar-refractivity contribution >= 4 is 17.6 Å². The first-order valence-corrected chi connectivity index (χ1v) is 9.02. The van der Waals surface area contributed by atoms with E-state index in [1.807, 2.05) is 45.0 Å². The van der Waals surface area contributed by atoms with Crippen LogP contribution in [0.2, 0.25) is 0 Å². The average molecular weight is 367 g/mol. The Bertz CT molecular complexity index is 949. The molecule has 140 valence electrons. The summed E-state index contributed by atoms with van der Waals surface area (Å²) in [4.78, 5) is 27.9. The van der Waals surface area contributed by atoms with Gasteiger partial charge >= 0.3 is 5.97 Å². The highest BCUT2D eigenvalue weighted by Gasteiger charge is 2.79. The molecule has 0 spiro atoms. The zero-order chi connectivity index (χ0) is 19.6. The standard InChI is InChI=1S/C22H22FNO3/c1-21(2,3)19(25)24-16-12-8-5-9-13(16)17-18(24)22(17,20(26)27-4)14-10-6-7-11-15(14)23/h5-12,17-18H,1-4H3/t17-,18+,22+/m1/s1. The molecule has 2 aromatic rings. The van der Waals surface area contributed by atoms with E-state index in [-0.39, 0.29) is 17.4 Å². The quantitative estimate of drug-likeness (QED) is 0.759. The van der Waals surface area contributed by atoms with Crippen molar-refractivity contribution in [1.29, 1.82) is 0 Å². The second-order valence-corrected chi connectivity index (χ2v) is 8.25. The van der Waals surface area contributed by atoms with Gasteiger partial charge in [0.2, 0.25) is 5.91 Å². The number of fused-ring (bicyclic) bond motifs is 3. The highest BCUT2D eigenvalue weighted by molar-refractivity contribution is 6.07. The maximum Gasteiger partial charge on any atom is 0.319 e. The summed E-state index contributed by atoms with van der Waals surface area (Å²) >= 11 is 0. The summed E-state index contributed by atoms with van der Waals surface area (Å²) < 4.78 is 19.9. The Morgan fingerprint density at radius 3 is 2.33 bits per heavy atom. The Morgan fingerprint density at radius 1 is 1.07 bits per heavy atom. The minimum Gasteiger partial charge on any atom is -0.468 e. The molecular weight excluding hydrogens is 345 g/mol. The Labute approximate surface area is 157 Å². The van der Waals surface area contributed by atoms with Gasteiger partial charge in [-0.15, -0.1) is 0 Å². The van der Waals surface area contributed by atoms with Gasteiger partial charge in [0.15, 0.2) is 0 Å². The molecule has 1 amide bonds. The summed E-state index contributed by atoms with van der Waals surface area (Å²) in [5.74, 6) is -1.38. The smallest absolute Gasteiger partial charge is 0.319 e. The van der Waals surface area contributed by atoms with Gasteiger partial charge in [-0.1, -0.05) is 57.2 Å². The fourth-order valence-electron chi connectivity index (χ4n) is 4.50. The third-order valence-electron chi connectivity index (χ3n) is 5.68. The molecule has 0 unspecified atom stereocenters. The molecular formula is C22H22FNO3. The number of carbonyl (C=O) groups is 2. The van der Waals surface area contributed by atoms with E-state index in [2.05, 4.69) is 0 Å². The largest absolute Gasteiger partial charge is 0.468 e. The van der Waals surface area contributed by atoms with Crippen molar-refractivity contribution in [2.24, 2.45) is 5.41 Å². The molecule has 1 aliphatic carbocycles. The second kappa shape index (κ2) is 5.65.